The van der Waals surface area contributed by atoms with Gasteiger partial charge in [0.1, 0.15) is 6.10 Å². The average molecular weight is 218 g/mol. The fourth-order valence-corrected chi connectivity index (χ4v) is 1.97. The number of ether oxygens (including phenoxy) is 1. The van der Waals surface area contributed by atoms with Gasteiger partial charge in [-0.25, -0.2) is 9.50 Å². The van der Waals surface area contributed by atoms with Crippen molar-refractivity contribution in [3.63, 3.8) is 0 Å². The van der Waals surface area contributed by atoms with Crippen molar-refractivity contribution in [2.75, 3.05) is 13.1 Å². The van der Waals surface area contributed by atoms with E-state index in [9.17, 15) is 0 Å². The molecule has 0 amide bonds. The second kappa shape index (κ2) is 4.09. The highest BCUT2D eigenvalue weighted by molar-refractivity contribution is 5.37. The van der Waals surface area contributed by atoms with Gasteiger partial charge < -0.3 is 10.1 Å². The normalized spacial score (nSPS) is 21.1. The zero-order valence-corrected chi connectivity index (χ0v) is 8.97. The summed E-state index contributed by atoms with van der Waals surface area (Å²) >= 11 is 0. The van der Waals surface area contributed by atoms with Crippen molar-refractivity contribution >= 4 is 5.65 Å². The van der Waals surface area contributed by atoms with Crippen LogP contribution in [0.1, 0.15) is 12.8 Å². The summed E-state index contributed by atoms with van der Waals surface area (Å²) in [4.78, 5) is 4.26. The predicted octanol–water partition coefficient (Wildman–Crippen LogP) is 0.860. The number of fused-ring (bicyclic) bond motifs is 1. The van der Waals surface area contributed by atoms with Crippen molar-refractivity contribution < 1.29 is 4.74 Å². The smallest absolute Gasteiger partial charge is 0.156 e. The lowest BCUT2D eigenvalue weighted by Crippen LogP contribution is -2.37. The summed E-state index contributed by atoms with van der Waals surface area (Å²) in [5, 5.41) is 7.45. The first kappa shape index (κ1) is 9.59. The van der Waals surface area contributed by atoms with Crippen LogP contribution >= 0.6 is 0 Å². The molecule has 3 rings (SSSR count). The third kappa shape index (κ3) is 1.86. The van der Waals surface area contributed by atoms with Crippen LogP contribution in [0.4, 0.5) is 0 Å². The third-order valence-electron chi connectivity index (χ3n) is 2.78. The number of nitrogens with one attached hydrogen (secondary N) is 1. The molecule has 2 aromatic heterocycles. The minimum absolute atomic E-state index is 0.253. The summed E-state index contributed by atoms with van der Waals surface area (Å²) in [5.74, 6) is 0.782. The topological polar surface area (TPSA) is 51.5 Å². The SMILES string of the molecule is c1cc2ncc(OC3CCCNC3)cn2n1. The standard InChI is InChI=1S/C11H14N4O/c1-2-9(6-12-4-1)16-10-7-13-11-3-5-14-15(11)8-10/h3,5,7-9,12H,1-2,4,6H2. The van der Waals surface area contributed by atoms with Crippen LogP contribution in [-0.4, -0.2) is 33.8 Å². The summed E-state index contributed by atoms with van der Waals surface area (Å²) in [5.41, 5.74) is 0.842. The van der Waals surface area contributed by atoms with Crippen LogP contribution in [-0.2, 0) is 0 Å². The summed E-state index contributed by atoms with van der Waals surface area (Å²) in [6.07, 6.45) is 7.88. The first-order valence-electron chi connectivity index (χ1n) is 5.58. The van der Waals surface area contributed by atoms with Gasteiger partial charge in [0.05, 0.1) is 18.6 Å². The molecule has 0 aromatic carbocycles. The highest BCUT2D eigenvalue weighted by Crippen LogP contribution is 2.14. The Labute approximate surface area is 93.4 Å². The van der Waals surface area contributed by atoms with Crippen molar-refractivity contribution in [2.24, 2.45) is 0 Å². The van der Waals surface area contributed by atoms with Gasteiger partial charge in [-0.15, -0.1) is 0 Å². The molecule has 5 nitrogen and oxygen atoms in total. The Morgan fingerprint density at radius 3 is 3.38 bits per heavy atom. The molecule has 5 heteroatoms. The highest BCUT2D eigenvalue weighted by atomic mass is 16.5. The number of piperidine rings is 1. The largest absolute Gasteiger partial charge is 0.486 e. The van der Waals surface area contributed by atoms with E-state index < -0.39 is 0 Å². The molecule has 1 N–H and O–H groups in total. The third-order valence-corrected chi connectivity index (χ3v) is 2.78. The molecule has 1 aliphatic rings. The number of nitrogens with zero attached hydrogens (tertiary/aromatic N) is 3. The Morgan fingerprint density at radius 2 is 2.50 bits per heavy atom. The summed E-state index contributed by atoms with van der Waals surface area (Å²) in [7, 11) is 0. The molecule has 84 valence electrons. The molecular weight excluding hydrogens is 204 g/mol. The maximum Gasteiger partial charge on any atom is 0.156 e. The lowest BCUT2D eigenvalue weighted by atomic mass is 10.1. The molecule has 2 aromatic rings. The minimum atomic E-state index is 0.253. The van der Waals surface area contributed by atoms with E-state index in [1.807, 2.05) is 12.3 Å². The molecule has 1 aliphatic heterocycles. The van der Waals surface area contributed by atoms with Gasteiger partial charge >= 0.3 is 0 Å². The van der Waals surface area contributed by atoms with E-state index in [-0.39, 0.29) is 6.10 Å². The molecule has 0 aliphatic carbocycles. The van der Waals surface area contributed by atoms with Crippen LogP contribution in [0.3, 0.4) is 0 Å². The maximum atomic E-state index is 5.85. The second-order valence-electron chi connectivity index (χ2n) is 4.01. The molecule has 1 unspecified atom stereocenters. The molecule has 1 atom stereocenters. The van der Waals surface area contributed by atoms with Crippen LogP contribution in [0.2, 0.25) is 0 Å². The Bertz CT molecular complexity index is 476. The van der Waals surface area contributed by atoms with Crippen LogP contribution in [0, 0.1) is 0 Å². The van der Waals surface area contributed by atoms with Gasteiger partial charge in [0.2, 0.25) is 0 Å². The molecule has 1 fully saturated rings. The quantitative estimate of drug-likeness (QED) is 0.812. The van der Waals surface area contributed by atoms with Gasteiger partial charge in [0.15, 0.2) is 11.4 Å². The van der Waals surface area contributed by atoms with Gasteiger partial charge in [-0.05, 0) is 19.4 Å². The van der Waals surface area contributed by atoms with E-state index in [4.69, 9.17) is 4.74 Å². The van der Waals surface area contributed by atoms with E-state index >= 15 is 0 Å². The van der Waals surface area contributed by atoms with Gasteiger partial charge in [0, 0.05) is 12.6 Å². The van der Waals surface area contributed by atoms with E-state index in [0.717, 1.165) is 30.9 Å². The Kier molecular flexibility index (Phi) is 2.46. The Balaban J connectivity index is 1.77. The van der Waals surface area contributed by atoms with Crippen molar-refractivity contribution in [1.29, 1.82) is 0 Å². The summed E-state index contributed by atoms with van der Waals surface area (Å²) in [6.45, 7) is 2.01. The van der Waals surface area contributed by atoms with Crippen molar-refractivity contribution in [2.45, 2.75) is 18.9 Å². The van der Waals surface area contributed by atoms with Crippen molar-refractivity contribution in [3.8, 4) is 5.75 Å². The number of hydrogen-bond acceptors (Lipinski definition) is 4. The molecule has 0 bridgehead atoms. The predicted molar refractivity (Wildman–Crippen MR) is 59.5 cm³/mol. The van der Waals surface area contributed by atoms with E-state index in [2.05, 4.69) is 15.4 Å². The van der Waals surface area contributed by atoms with Gasteiger partial charge in [-0.1, -0.05) is 0 Å². The van der Waals surface area contributed by atoms with E-state index in [0.29, 0.717) is 0 Å². The van der Waals surface area contributed by atoms with E-state index in [1.165, 1.54) is 6.42 Å². The molecule has 0 radical (unpaired) electrons. The zero-order valence-electron chi connectivity index (χ0n) is 8.97. The van der Waals surface area contributed by atoms with Gasteiger partial charge in [-0.3, -0.25) is 0 Å². The van der Waals surface area contributed by atoms with Crippen molar-refractivity contribution in [3.05, 3.63) is 24.7 Å². The molecule has 16 heavy (non-hydrogen) atoms. The molecule has 0 saturated carbocycles. The number of aromatic nitrogens is 3. The zero-order chi connectivity index (χ0) is 10.8. The Morgan fingerprint density at radius 1 is 1.50 bits per heavy atom. The second-order valence-corrected chi connectivity index (χ2v) is 4.01. The highest BCUT2D eigenvalue weighted by Gasteiger charge is 2.14. The number of hydrogen-bond donors (Lipinski definition) is 1. The first-order valence-corrected chi connectivity index (χ1v) is 5.58. The average Bonchev–Trinajstić information content (AvgIpc) is 2.77. The fourth-order valence-electron chi connectivity index (χ4n) is 1.97. The molecule has 3 heterocycles. The molecule has 1 saturated heterocycles. The molecular formula is C11H14N4O. The van der Waals surface area contributed by atoms with Crippen LogP contribution in [0.25, 0.3) is 5.65 Å². The van der Waals surface area contributed by atoms with Crippen LogP contribution in [0.5, 0.6) is 5.75 Å². The fraction of sp³-hybridized carbons (Fsp3) is 0.455. The first-order chi connectivity index (χ1) is 7.92. The van der Waals surface area contributed by atoms with Crippen LogP contribution in [0.15, 0.2) is 24.7 Å². The summed E-state index contributed by atoms with van der Waals surface area (Å²) < 4.78 is 7.57. The Hall–Kier alpha value is -1.62. The molecule has 0 spiro atoms. The number of rotatable bonds is 2. The lowest BCUT2D eigenvalue weighted by Gasteiger charge is -2.23. The van der Waals surface area contributed by atoms with Gasteiger partial charge in [0.25, 0.3) is 0 Å². The lowest BCUT2D eigenvalue weighted by molar-refractivity contribution is 0.165. The van der Waals surface area contributed by atoms with Gasteiger partial charge in [-0.2, -0.15) is 5.10 Å². The van der Waals surface area contributed by atoms with E-state index in [1.54, 1.807) is 16.9 Å². The monoisotopic (exact) mass is 218 g/mol. The summed E-state index contributed by atoms with van der Waals surface area (Å²) in [6, 6.07) is 1.87. The maximum absolute atomic E-state index is 5.85. The minimum Gasteiger partial charge on any atom is -0.486 e. The van der Waals surface area contributed by atoms with Crippen LogP contribution < -0.4 is 10.1 Å². The van der Waals surface area contributed by atoms with Crippen molar-refractivity contribution in [1.82, 2.24) is 19.9 Å².